The molecule has 3 rings (SSSR count). The van der Waals surface area contributed by atoms with Crippen LogP contribution in [-0.4, -0.2) is 32.3 Å². The van der Waals surface area contributed by atoms with Crippen molar-refractivity contribution in [3.05, 3.63) is 62.9 Å². The van der Waals surface area contributed by atoms with Crippen LogP contribution in [0.4, 0.5) is 11.4 Å². The van der Waals surface area contributed by atoms with E-state index in [0.29, 0.717) is 44.0 Å². The maximum Gasteiger partial charge on any atom is 0.234 e. The number of rotatable bonds is 8. The van der Waals surface area contributed by atoms with Crippen LogP contribution >= 0.6 is 46.6 Å². The number of benzene rings is 2. The van der Waals surface area contributed by atoms with Crippen molar-refractivity contribution in [3.8, 4) is 0 Å². The number of hydrogen-bond donors (Lipinski definition) is 2. The molecule has 3 aromatic rings. The molecule has 0 spiro atoms. The number of aromatic nitrogens is 3. The summed E-state index contributed by atoms with van der Waals surface area (Å²) in [5, 5.41) is 15.7. The Morgan fingerprint density at radius 2 is 1.59 bits per heavy atom. The van der Waals surface area contributed by atoms with Gasteiger partial charge in [-0.15, -0.1) is 10.2 Å². The van der Waals surface area contributed by atoms with Crippen LogP contribution in [0, 0.1) is 6.92 Å². The zero-order valence-electron chi connectivity index (χ0n) is 17.3. The molecule has 0 aliphatic carbocycles. The van der Waals surface area contributed by atoms with Crippen LogP contribution in [0.25, 0.3) is 0 Å². The minimum atomic E-state index is -0.268. The van der Waals surface area contributed by atoms with Crippen LogP contribution in [0.15, 0.2) is 41.6 Å². The van der Waals surface area contributed by atoms with E-state index in [4.69, 9.17) is 34.8 Å². The monoisotopic (exact) mass is 511 g/mol. The highest BCUT2D eigenvalue weighted by atomic mass is 35.5. The van der Waals surface area contributed by atoms with Crippen molar-refractivity contribution in [1.82, 2.24) is 14.8 Å². The largest absolute Gasteiger partial charge is 0.326 e. The van der Waals surface area contributed by atoms with Gasteiger partial charge in [0.05, 0.1) is 22.2 Å². The minimum absolute atomic E-state index is 0.0235. The lowest BCUT2D eigenvalue weighted by Gasteiger charge is -2.09. The first-order valence-corrected chi connectivity index (χ1v) is 11.7. The fourth-order valence-electron chi connectivity index (χ4n) is 2.79. The SMILES string of the molecule is CCn1c(CC(=O)Nc2ccc(Cl)c(Cl)c2)nnc1SCC(=O)Nc1ccc(C)c(Cl)c1. The van der Waals surface area contributed by atoms with Gasteiger partial charge in [-0.1, -0.05) is 52.6 Å². The molecule has 2 N–H and O–H groups in total. The van der Waals surface area contributed by atoms with Crippen LogP contribution < -0.4 is 10.6 Å². The molecule has 0 unspecified atom stereocenters. The molecule has 0 fully saturated rings. The lowest BCUT2D eigenvalue weighted by molar-refractivity contribution is -0.116. The Bertz CT molecular complexity index is 1150. The zero-order chi connectivity index (χ0) is 23.3. The molecule has 1 aromatic heterocycles. The van der Waals surface area contributed by atoms with Crippen molar-refractivity contribution in [2.45, 2.75) is 32.0 Å². The standard InChI is InChI=1S/C21H20Cl3N5O2S/c1-3-29-18(10-19(30)25-14-6-7-15(22)17(24)9-14)27-28-21(29)32-11-20(31)26-13-5-4-12(2)16(23)8-13/h4-9H,3,10-11H2,1-2H3,(H,25,30)(H,26,31). The molecule has 0 atom stereocenters. The first-order chi connectivity index (χ1) is 15.3. The molecular formula is C21H20Cl3N5O2S. The quantitative estimate of drug-likeness (QED) is 0.390. The normalized spacial score (nSPS) is 10.8. The predicted octanol–water partition coefficient (Wildman–Crippen LogP) is 5.48. The van der Waals surface area contributed by atoms with E-state index in [9.17, 15) is 9.59 Å². The van der Waals surface area contributed by atoms with Crippen molar-refractivity contribution in [2.75, 3.05) is 16.4 Å². The maximum absolute atomic E-state index is 12.4. The Hall–Kier alpha value is -2.26. The second kappa shape index (κ2) is 11.0. The molecule has 168 valence electrons. The summed E-state index contributed by atoms with van der Waals surface area (Å²) < 4.78 is 1.80. The number of aryl methyl sites for hydroxylation is 1. The second-order valence-electron chi connectivity index (χ2n) is 6.80. The third-order valence-electron chi connectivity index (χ3n) is 4.42. The van der Waals surface area contributed by atoms with E-state index >= 15 is 0 Å². The summed E-state index contributed by atoms with van der Waals surface area (Å²) in [5.41, 5.74) is 2.10. The number of anilines is 2. The Balaban J connectivity index is 1.58. The second-order valence-corrected chi connectivity index (χ2v) is 8.96. The molecule has 1 heterocycles. The highest BCUT2D eigenvalue weighted by Crippen LogP contribution is 2.25. The Morgan fingerprint density at radius 3 is 2.25 bits per heavy atom. The van der Waals surface area contributed by atoms with Gasteiger partial charge in [-0.2, -0.15) is 0 Å². The third kappa shape index (κ3) is 6.38. The number of carbonyl (C=O) groups is 2. The molecule has 0 radical (unpaired) electrons. The Morgan fingerprint density at radius 1 is 0.938 bits per heavy atom. The van der Waals surface area contributed by atoms with E-state index in [-0.39, 0.29) is 24.0 Å². The average Bonchev–Trinajstić information content (AvgIpc) is 3.13. The summed E-state index contributed by atoms with van der Waals surface area (Å²) >= 11 is 19.2. The van der Waals surface area contributed by atoms with Crippen molar-refractivity contribution >= 4 is 69.8 Å². The molecular weight excluding hydrogens is 493 g/mol. The van der Waals surface area contributed by atoms with Gasteiger partial charge in [0.15, 0.2) is 5.16 Å². The summed E-state index contributed by atoms with van der Waals surface area (Å²) in [4.78, 5) is 24.7. The molecule has 32 heavy (non-hydrogen) atoms. The van der Waals surface area contributed by atoms with Crippen LogP contribution in [0.5, 0.6) is 0 Å². The van der Waals surface area contributed by atoms with Crippen LogP contribution in [0.3, 0.4) is 0 Å². The number of thioether (sulfide) groups is 1. The van der Waals surface area contributed by atoms with Crippen LogP contribution in [0.1, 0.15) is 18.3 Å². The zero-order valence-corrected chi connectivity index (χ0v) is 20.4. The smallest absolute Gasteiger partial charge is 0.234 e. The first kappa shape index (κ1) is 24.4. The summed E-state index contributed by atoms with van der Waals surface area (Å²) in [7, 11) is 0. The fraction of sp³-hybridized carbons (Fsp3) is 0.238. The topological polar surface area (TPSA) is 88.9 Å². The van der Waals surface area contributed by atoms with Gasteiger partial charge in [-0.25, -0.2) is 0 Å². The number of halogens is 3. The van der Waals surface area contributed by atoms with Gasteiger partial charge in [-0.3, -0.25) is 9.59 Å². The Labute approximate surface area is 204 Å². The molecule has 0 aliphatic heterocycles. The molecule has 0 saturated heterocycles. The molecule has 2 aromatic carbocycles. The fourth-order valence-corrected chi connectivity index (χ4v) is 4.09. The molecule has 0 saturated carbocycles. The summed E-state index contributed by atoms with van der Waals surface area (Å²) in [5.74, 6) is 0.174. The Kier molecular flexibility index (Phi) is 8.42. The number of nitrogens with zero attached hydrogens (tertiary/aromatic N) is 3. The molecule has 0 bridgehead atoms. The molecule has 2 amide bonds. The maximum atomic E-state index is 12.4. The lowest BCUT2D eigenvalue weighted by Crippen LogP contribution is -2.18. The number of nitrogens with one attached hydrogen (secondary N) is 2. The van der Waals surface area contributed by atoms with E-state index in [2.05, 4.69) is 20.8 Å². The van der Waals surface area contributed by atoms with E-state index in [1.807, 2.05) is 19.9 Å². The van der Waals surface area contributed by atoms with E-state index in [1.165, 1.54) is 11.8 Å². The third-order valence-corrected chi connectivity index (χ3v) is 6.53. The number of amides is 2. The van der Waals surface area contributed by atoms with Gasteiger partial charge in [0, 0.05) is 22.9 Å². The summed E-state index contributed by atoms with van der Waals surface area (Å²) in [6.45, 7) is 4.37. The van der Waals surface area contributed by atoms with Crippen LogP contribution in [-0.2, 0) is 22.6 Å². The first-order valence-electron chi connectivity index (χ1n) is 9.62. The van der Waals surface area contributed by atoms with E-state index < -0.39 is 0 Å². The minimum Gasteiger partial charge on any atom is -0.326 e. The van der Waals surface area contributed by atoms with E-state index in [0.717, 1.165) is 5.56 Å². The van der Waals surface area contributed by atoms with Crippen molar-refractivity contribution in [1.29, 1.82) is 0 Å². The summed E-state index contributed by atoms with van der Waals surface area (Å²) in [6, 6.07) is 10.2. The lowest BCUT2D eigenvalue weighted by atomic mass is 10.2. The van der Waals surface area contributed by atoms with Gasteiger partial charge in [0.25, 0.3) is 0 Å². The van der Waals surface area contributed by atoms with Crippen molar-refractivity contribution in [3.63, 3.8) is 0 Å². The van der Waals surface area contributed by atoms with Gasteiger partial charge >= 0.3 is 0 Å². The van der Waals surface area contributed by atoms with Crippen LogP contribution in [0.2, 0.25) is 15.1 Å². The average molecular weight is 513 g/mol. The highest BCUT2D eigenvalue weighted by Gasteiger charge is 2.16. The highest BCUT2D eigenvalue weighted by molar-refractivity contribution is 7.99. The van der Waals surface area contributed by atoms with Gasteiger partial charge < -0.3 is 15.2 Å². The molecule has 7 nitrogen and oxygen atoms in total. The van der Waals surface area contributed by atoms with E-state index in [1.54, 1.807) is 34.9 Å². The predicted molar refractivity (Wildman–Crippen MR) is 130 cm³/mol. The molecule has 11 heteroatoms. The van der Waals surface area contributed by atoms with Gasteiger partial charge in [-0.05, 0) is 49.7 Å². The van der Waals surface area contributed by atoms with Crippen molar-refractivity contribution < 1.29 is 9.59 Å². The number of hydrogen-bond acceptors (Lipinski definition) is 5. The number of carbonyl (C=O) groups excluding carboxylic acids is 2. The van der Waals surface area contributed by atoms with Gasteiger partial charge in [0.1, 0.15) is 5.82 Å². The van der Waals surface area contributed by atoms with Gasteiger partial charge in [0.2, 0.25) is 11.8 Å². The summed E-state index contributed by atoms with van der Waals surface area (Å²) in [6.07, 6.45) is 0.0235. The molecule has 0 aliphatic rings. The van der Waals surface area contributed by atoms with Crippen molar-refractivity contribution in [2.24, 2.45) is 0 Å².